The maximum absolute atomic E-state index is 10.4. The zero-order chi connectivity index (χ0) is 23.9. The van der Waals surface area contributed by atoms with Crippen molar-refractivity contribution in [2.45, 2.75) is 112 Å². The van der Waals surface area contributed by atoms with Gasteiger partial charge in [0.1, 0.15) is 17.1 Å². The second-order valence-corrected chi connectivity index (χ2v) is 10.1. The maximum atomic E-state index is 10.4. The molecule has 2 N–H and O–H groups in total. The minimum absolute atomic E-state index is 0.153. The molecule has 0 fully saturated rings. The van der Waals surface area contributed by atoms with Gasteiger partial charge in [-0.15, -0.1) is 0 Å². The molecule has 1 aromatic rings. The number of ether oxygens (including phenoxy) is 1. The number of aromatic hydroxyl groups is 1. The van der Waals surface area contributed by atoms with Crippen LogP contribution in [-0.4, -0.2) is 15.8 Å². The Bertz CT molecular complexity index is 884. The summed E-state index contributed by atoms with van der Waals surface area (Å²) in [4.78, 5) is 0. The van der Waals surface area contributed by atoms with Crippen molar-refractivity contribution in [1.29, 1.82) is 0 Å². The van der Waals surface area contributed by atoms with E-state index in [9.17, 15) is 10.2 Å². The van der Waals surface area contributed by atoms with Gasteiger partial charge in [-0.2, -0.15) is 0 Å². The first-order chi connectivity index (χ1) is 15.1. The third kappa shape index (κ3) is 7.00. The predicted octanol–water partition coefficient (Wildman–Crippen LogP) is 7.78. The van der Waals surface area contributed by atoms with E-state index in [1.165, 1.54) is 16.7 Å². The summed E-state index contributed by atoms with van der Waals surface area (Å²) in [6.45, 7) is 14.7. The standard InChI is InChI=1S/C29H44O3/c1-20(2)11-8-12-21(3)13-9-14-22(4)15-10-17-29(7)18-16-25-26(19-30)27(31)23(5)24(6)28(25)32-29/h11,13,15,30-31H,8-10,12,14,16-19H2,1-7H3/b21-13+,22-15+/t29-/m1/s1. The molecule has 32 heavy (non-hydrogen) atoms. The van der Waals surface area contributed by atoms with Gasteiger partial charge in [0.2, 0.25) is 0 Å². The number of aliphatic hydroxyl groups is 1. The summed E-state index contributed by atoms with van der Waals surface area (Å²) < 4.78 is 6.51. The Hall–Kier alpha value is -2.00. The first kappa shape index (κ1) is 26.3. The van der Waals surface area contributed by atoms with E-state index in [-0.39, 0.29) is 18.0 Å². The van der Waals surface area contributed by atoms with Crippen LogP contribution in [0.3, 0.4) is 0 Å². The molecule has 1 aliphatic rings. The SMILES string of the molecule is CC(C)=CCC/C(C)=C/CC/C(C)=C/CC[C@]1(C)CCc2c(CO)c(O)c(C)c(C)c2O1. The fourth-order valence-corrected chi connectivity index (χ4v) is 4.48. The second kappa shape index (κ2) is 11.7. The highest BCUT2D eigenvalue weighted by Gasteiger charge is 2.34. The van der Waals surface area contributed by atoms with Gasteiger partial charge in [0.05, 0.1) is 6.61 Å². The summed E-state index contributed by atoms with van der Waals surface area (Å²) >= 11 is 0. The number of rotatable bonds is 10. The van der Waals surface area contributed by atoms with Crippen LogP contribution >= 0.6 is 0 Å². The van der Waals surface area contributed by atoms with E-state index in [0.717, 1.165) is 73.8 Å². The zero-order valence-corrected chi connectivity index (χ0v) is 21.4. The van der Waals surface area contributed by atoms with Gasteiger partial charge >= 0.3 is 0 Å². The van der Waals surface area contributed by atoms with E-state index in [0.29, 0.717) is 5.56 Å². The summed E-state index contributed by atoms with van der Waals surface area (Å²) in [5, 5.41) is 20.2. The molecule has 0 bridgehead atoms. The van der Waals surface area contributed by atoms with Crippen molar-refractivity contribution in [3.05, 3.63) is 57.2 Å². The molecule has 0 saturated heterocycles. The van der Waals surface area contributed by atoms with Gasteiger partial charge in [-0.25, -0.2) is 0 Å². The van der Waals surface area contributed by atoms with Crippen molar-refractivity contribution in [3.63, 3.8) is 0 Å². The fraction of sp³-hybridized carbons (Fsp3) is 0.586. The van der Waals surface area contributed by atoms with E-state index in [4.69, 9.17) is 4.74 Å². The Kier molecular flexibility index (Phi) is 9.64. The molecule has 3 nitrogen and oxygen atoms in total. The van der Waals surface area contributed by atoms with Crippen molar-refractivity contribution in [2.75, 3.05) is 0 Å². The van der Waals surface area contributed by atoms with Crippen LogP contribution in [0.25, 0.3) is 0 Å². The van der Waals surface area contributed by atoms with Gasteiger partial charge in [0.15, 0.2) is 0 Å². The summed E-state index contributed by atoms with van der Waals surface area (Å²) in [6, 6.07) is 0. The molecule has 0 amide bonds. The number of phenols is 1. The molecule has 0 unspecified atom stereocenters. The van der Waals surface area contributed by atoms with Crippen molar-refractivity contribution in [2.24, 2.45) is 0 Å². The maximum Gasteiger partial charge on any atom is 0.127 e. The topological polar surface area (TPSA) is 49.7 Å². The van der Waals surface area contributed by atoms with Crippen LogP contribution in [0.2, 0.25) is 0 Å². The lowest BCUT2D eigenvalue weighted by Crippen LogP contribution is -2.37. The molecule has 0 aromatic heterocycles. The summed E-state index contributed by atoms with van der Waals surface area (Å²) in [6.07, 6.45) is 15.3. The Labute approximate surface area is 195 Å². The third-order valence-corrected chi connectivity index (χ3v) is 6.88. The molecule has 1 aromatic carbocycles. The molecule has 1 atom stereocenters. The molecule has 2 rings (SSSR count). The average Bonchev–Trinajstić information content (AvgIpc) is 2.73. The van der Waals surface area contributed by atoms with Crippen molar-refractivity contribution < 1.29 is 14.9 Å². The van der Waals surface area contributed by atoms with Crippen LogP contribution in [0, 0.1) is 13.8 Å². The van der Waals surface area contributed by atoms with E-state index < -0.39 is 0 Å². The number of hydrogen-bond donors (Lipinski definition) is 2. The number of hydrogen-bond acceptors (Lipinski definition) is 3. The molecule has 0 radical (unpaired) electrons. The van der Waals surface area contributed by atoms with Gasteiger partial charge < -0.3 is 14.9 Å². The molecule has 1 aliphatic heterocycles. The highest BCUT2D eigenvalue weighted by atomic mass is 16.5. The van der Waals surface area contributed by atoms with Crippen molar-refractivity contribution >= 4 is 0 Å². The minimum Gasteiger partial charge on any atom is -0.507 e. The molecule has 178 valence electrons. The number of allylic oxidation sites excluding steroid dienone is 6. The van der Waals surface area contributed by atoms with E-state index in [1.807, 2.05) is 13.8 Å². The molecular formula is C29H44O3. The van der Waals surface area contributed by atoms with E-state index >= 15 is 0 Å². The van der Waals surface area contributed by atoms with Crippen LogP contribution in [-0.2, 0) is 13.0 Å². The predicted molar refractivity (Wildman–Crippen MR) is 136 cm³/mol. The molecule has 0 aliphatic carbocycles. The fourth-order valence-electron chi connectivity index (χ4n) is 4.48. The summed E-state index contributed by atoms with van der Waals surface area (Å²) in [5.41, 5.74) is 7.50. The van der Waals surface area contributed by atoms with E-state index in [1.54, 1.807) is 0 Å². The van der Waals surface area contributed by atoms with E-state index in [2.05, 4.69) is 52.8 Å². The Morgan fingerprint density at radius 1 is 0.938 bits per heavy atom. The largest absolute Gasteiger partial charge is 0.507 e. The first-order valence-corrected chi connectivity index (χ1v) is 12.2. The van der Waals surface area contributed by atoms with Gasteiger partial charge in [0.25, 0.3) is 0 Å². The molecule has 0 saturated carbocycles. The molecular weight excluding hydrogens is 396 g/mol. The normalized spacial score (nSPS) is 18.9. The molecule has 3 heteroatoms. The summed E-state index contributed by atoms with van der Waals surface area (Å²) in [5.74, 6) is 1.09. The smallest absolute Gasteiger partial charge is 0.127 e. The quantitative estimate of drug-likeness (QED) is 0.365. The van der Waals surface area contributed by atoms with Gasteiger partial charge in [-0.3, -0.25) is 0 Å². The van der Waals surface area contributed by atoms with Crippen molar-refractivity contribution in [1.82, 2.24) is 0 Å². The van der Waals surface area contributed by atoms with Gasteiger partial charge in [-0.05, 0) is 111 Å². The minimum atomic E-state index is -0.216. The second-order valence-electron chi connectivity index (χ2n) is 10.1. The van der Waals surface area contributed by atoms with Crippen LogP contribution in [0.1, 0.15) is 102 Å². The Morgan fingerprint density at radius 2 is 1.53 bits per heavy atom. The summed E-state index contributed by atoms with van der Waals surface area (Å²) in [7, 11) is 0. The monoisotopic (exact) mass is 440 g/mol. The number of benzene rings is 1. The zero-order valence-electron chi connectivity index (χ0n) is 21.4. The lowest BCUT2D eigenvalue weighted by Gasteiger charge is -2.38. The van der Waals surface area contributed by atoms with Crippen LogP contribution in [0.5, 0.6) is 11.5 Å². The highest BCUT2D eigenvalue weighted by Crippen LogP contribution is 2.44. The van der Waals surface area contributed by atoms with Gasteiger partial charge in [-0.1, -0.05) is 34.9 Å². The highest BCUT2D eigenvalue weighted by molar-refractivity contribution is 5.58. The molecule has 1 heterocycles. The average molecular weight is 441 g/mol. The van der Waals surface area contributed by atoms with Crippen LogP contribution < -0.4 is 4.74 Å². The lowest BCUT2D eigenvalue weighted by molar-refractivity contribution is 0.0552. The third-order valence-electron chi connectivity index (χ3n) is 6.88. The molecule has 0 spiro atoms. The van der Waals surface area contributed by atoms with Gasteiger partial charge in [0, 0.05) is 11.1 Å². The van der Waals surface area contributed by atoms with Crippen LogP contribution in [0.4, 0.5) is 0 Å². The Balaban J connectivity index is 1.91. The van der Waals surface area contributed by atoms with Crippen molar-refractivity contribution in [3.8, 4) is 11.5 Å². The Morgan fingerprint density at radius 3 is 2.12 bits per heavy atom. The first-order valence-electron chi connectivity index (χ1n) is 12.2. The lowest BCUT2D eigenvalue weighted by atomic mass is 9.84. The van der Waals surface area contributed by atoms with Crippen LogP contribution in [0.15, 0.2) is 34.9 Å². The number of fused-ring (bicyclic) bond motifs is 1. The number of aliphatic hydroxyl groups excluding tert-OH is 1.